The molecule has 2 amide bonds. The van der Waals surface area contributed by atoms with Gasteiger partial charge in [0.1, 0.15) is 6.04 Å². The molecule has 3 heterocycles. The number of imide groups is 1. The highest BCUT2D eigenvalue weighted by atomic mass is 16.2. The van der Waals surface area contributed by atoms with Crippen molar-refractivity contribution in [3.63, 3.8) is 0 Å². The molecule has 1 aromatic carbocycles. The maximum absolute atomic E-state index is 12.8. The summed E-state index contributed by atoms with van der Waals surface area (Å²) in [7, 11) is 0. The quantitative estimate of drug-likeness (QED) is 0.779. The Hall–Kier alpha value is -2.41. The van der Waals surface area contributed by atoms with E-state index in [4.69, 9.17) is 0 Å². The predicted octanol–water partition coefficient (Wildman–Crippen LogP) is 0.202. The molecule has 2 unspecified atom stereocenters. The number of rotatable bonds is 2. The first kappa shape index (κ1) is 16.1. The minimum atomic E-state index is -0.646. The number of nitrogens with one attached hydrogen (secondary N) is 1. The maximum Gasteiger partial charge on any atom is 0.261 e. The van der Waals surface area contributed by atoms with E-state index < -0.39 is 12.1 Å². The molecule has 132 valence electrons. The number of carbonyl (C=O) groups is 2. The van der Waals surface area contributed by atoms with E-state index in [1.807, 2.05) is 25.1 Å². The summed E-state index contributed by atoms with van der Waals surface area (Å²) in [5, 5.41) is 3.20. The summed E-state index contributed by atoms with van der Waals surface area (Å²) >= 11 is 0. The summed E-state index contributed by atoms with van der Waals surface area (Å²) in [5.74, 6) is 0.234. The number of hydrogen-bond donors (Lipinski definition) is 1. The molecule has 0 aliphatic carbocycles. The van der Waals surface area contributed by atoms with Crippen LogP contribution in [0.15, 0.2) is 29.3 Å². The Labute approximate surface area is 147 Å². The van der Waals surface area contributed by atoms with Gasteiger partial charge in [-0.15, -0.1) is 0 Å². The fourth-order valence-corrected chi connectivity index (χ4v) is 3.71. The first-order valence-electron chi connectivity index (χ1n) is 8.84. The first-order chi connectivity index (χ1) is 12.1. The van der Waals surface area contributed by atoms with Crippen LogP contribution in [0.4, 0.5) is 5.69 Å². The lowest BCUT2D eigenvalue weighted by Gasteiger charge is -2.35. The van der Waals surface area contributed by atoms with Crippen LogP contribution in [0.3, 0.4) is 0 Å². The van der Waals surface area contributed by atoms with Crippen molar-refractivity contribution < 1.29 is 9.59 Å². The molecule has 1 aromatic rings. The second-order valence-electron chi connectivity index (χ2n) is 6.79. The molecule has 0 radical (unpaired) electrons. The fraction of sp³-hybridized carbons (Fsp3) is 0.500. The zero-order valence-electron chi connectivity index (χ0n) is 14.6. The molecule has 0 spiro atoms. The van der Waals surface area contributed by atoms with E-state index in [1.165, 1.54) is 4.90 Å². The second kappa shape index (κ2) is 6.15. The molecule has 0 aromatic heterocycles. The SMILES string of the molecule is CCN1CCN(C2=NC3C(=O)N(c4cccc(C)c4)C(=O)C3N2)CC1. The van der Waals surface area contributed by atoms with E-state index in [1.54, 1.807) is 6.07 Å². The number of piperazine rings is 1. The number of benzene rings is 1. The number of anilines is 1. The Morgan fingerprint density at radius 2 is 1.92 bits per heavy atom. The van der Waals surface area contributed by atoms with Gasteiger partial charge >= 0.3 is 0 Å². The number of nitrogens with zero attached hydrogens (tertiary/aromatic N) is 4. The van der Waals surface area contributed by atoms with Crippen LogP contribution in [0.1, 0.15) is 12.5 Å². The lowest BCUT2D eigenvalue weighted by atomic mass is 10.2. The Morgan fingerprint density at radius 1 is 1.16 bits per heavy atom. The fourth-order valence-electron chi connectivity index (χ4n) is 3.71. The topological polar surface area (TPSA) is 68.2 Å². The lowest BCUT2D eigenvalue weighted by Crippen LogP contribution is -2.53. The maximum atomic E-state index is 12.8. The molecule has 7 nitrogen and oxygen atoms in total. The van der Waals surface area contributed by atoms with Crippen molar-refractivity contribution in [2.24, 2.45) is 4.99 Å². The van der Waals surface area contributed by atoms with Crippen LogP contribution in [0.5, 0.6) is 0 Å². The second-order valence-corrected chi connectivity index (χ2v) is 6.79. The molecule has 2 atom stereocenters. The Morgan fingerprint density at radius 3 is 2.56 bits per heavy atom. The molecular formula is C18H23N5O2. The van der Waals surface area contributed by atoms with Gasteiger partial charge in [0, 0.05) is 26.2 Å². The van der Waals surface area contributed by atoms with Gasteiger partial charge in [0.15, 0.2) is 12.0 Å². The van der Waals surface area contributed by atoms with Gasteiger partial charge in [-0.2, -0.15) is 0 Å². The molecule has 2 saturated heterocycles. The number of carbonyl (C=O) groups excluding carboxylic acids is 2. The van der Waals surface area contributed by atoms with Gasteiger partial charge in [0.05, 0.1) is 5.69 Å². The number of guanidine groups is 1. The van der Waals surface area contributed by atoms with Crippen LogP contribution >= 0.6 is 0 Å². The van der Waals surface area contributed by atoms with Crippen molar-refractivity contribution in [3.8, 4) is 0 Å². The lowest BCUT2D eigenvalue weighted by molar-refractivity contribution is -0.121. The summed E-state index contributed by atoms with van der Waals surface area (Å²) in [6, 6.07) is 6.22. The average molecular weight is 341 g/mol. The Kier molecular flexibility index (Phi) is 3.95. The molecule has 2 fully saturated rings. The third-order valence-corrected chi connectivity index (χ3v) is 5.20. The molecule has 1 N–H and O–H groups in total. The number of fused-ring (bicyclic) bond motifs is 1. The highest BCUT2D eigenvalue weighted by Gasteiger charge is 2.52. The van der Waals surface area contributed by atoms with Crippen molar-refractivity contribution in [1.82, 2.24) is 15.1 Å². The van der Waals surface area contributed by atoms with Crippen LogP contribution in [0, 0.1) is 6.92 Å². The first-order valence-corrected chi connectivity index (χ1v) is 8.84. The number of likely N-dealkylation sites (N-methyl/N-ethyl adjacent to an activating group) is 1. The molecule has 25 heavy (non-hydrogen) atoms. The smallest absolute Gasteiger partial charge is 0.261 e. The summed E-state index contributed by atoms with van der Waals surface area (Å²) < 4.78 is 0. The number of aryl methyl sites for hydroxylation is 1. The van der Waals surface area contributed by atoms with Gasteiger partial charge in [-0.05, 0) is 31.2 Å². The Bertz CT molecular complexity index is 739. The molecule has 4 rings (SSSR count). The molecule has 0 bridgehead atoms. The van der Waals surface area contributed by atoms with Crippen molar-refractivity contribution in [3.05, 3.63) is 29.8 Å². The van der Waals surface area contributed by atoms with Crippen molar-refractivity contribution in [2.45, 2.75) is 25.9 Å². The van der Waals surface area contributed by atoms with Crippen molar-refractivity contribution in [1.29, 1.82) is 0 Å². The minimum absolute atomic E-state index is 0.216. The van der Waals surface area contributed by atoms with Crippen molar-refractivity contribution in [2.75, 3.05) is 37.6 Å². The third-order valence-electron chi connectivity index (χ3n) is 5.20. The highest BCUT2D eigenvalue weighted by Crippen LogP contribution is 2.28. The summed E-state index contributed by atoms with van der Waals surface area (Å²) in [5.41, 5.74) is 1.64. The van der Waals surface area contributed by atoms with Gasteiger partial charge in [-0.1, -0.05) is 19.1 Å². The van der Waals surface area contributed by atoms with Crippen LogP contribution in [-0.2, 0) is 9.59 Å². The van der Waals surface area contributed by atoms with Gasteiger partial charge in [0.25, 0.3) is 11.8 Å². The number of aliphatic imine (C=N–C) groups is 1. The Balaban J connectivity index is 1.52. The van der Waals surface area contributed by atoms with Gasteiger partial charge in [-0.3, -0.25) is 9.59 Å². The van der Waals surface area contributed by atoms with E-state index in [9.17, 15) is 9.59 Å². The molecule has 7 heteroatoms. The molecule has 3 aliphatic rings. The number of hydrogen-bond acceptors (Lipinski definition) is 6. The number of amides is 2. The minimum Gasteiger partial charge on any atom is -0.342 e. The standard InChI is InChI=1S/C18H23N5O2/c1-3-21-7-9-22(10-8-21)18-19-14-15(20-18)17(25)23(16(14)24)13-6-4-5-12(2)11-13/h4-6,11,14-15H,3,7-10H2,1-2H3,(H,19,20). The molecule has 3 aliphatic heterocycles. The van der Waals surface area contributed by atoms with Crippen LogP contribution in [-0.4, -0.2) is 72.4 Å². The summed E-state index contributed by atoms with van der Waals surface area (Å²) in [6.07, 6.45) is 0. The highest BCUT2D eigenvalue weighted by molar-refractivity contribution is 6.27. The van der Waals surface area contributed by atoms with E-state index in [2.05, 4.69) is 27.0 Å². The molecular weight excluding hydrogens is 318 g/mol. The summed E-state index contributed by atoms with van der Waals surface area (Å²) in [6.45, 7) is 8.82. The molecule has 0 saturated carbocycles. The summed E-state index contributed by atoms with van der Waals surface area (Å²) in [4.78, 5) is 35.9. The van der Waals surface area contributed by atoms with Crippen LogP contribution < -0.4 is 10.2 Å². The van der Waals surface area contributed by atoms with Crippen LogP contribution in [0.25, 0.3) is 0 Å². The zero-order valence-corrected chi connectivity index (χ0v) is 14.6. The normalized spacial score (nSPS) is 26.7. The third kappa shape index (κ3) is 2.68. The van der Waals surface area contributed by atoms with E-state index in [0.29, 0.717) is 11.6 Å². The zero-order chi connectivity index (χ0) is 17.6. The van der Waals surface area contributed by atoms with Crippen molar-refractivity contribution >= 4 is 23.5 Å². The van der Waals surface area contributed by atoms with Gasteiger partial charge in [-0.25, -0.2) is 9.89 Å². The van der Waals surface area contributed by atoms with Gasteiger partial charge in [0.2, 0.25) is 0 Å². The predicted molar refractivity (Wildman–Crippen MR) is 95.5 cm³/mol. The van der Waals surface area contributed by atoms with E-state index in [-0.39, 0.29) is 11.8 Å². The monoisotopic (exact) mass is 341 g/mol. The van der Waals surface area contributed by atoms with E-state index >= 15 is 0 Å². The van der Waals surface area contributed by atoms with Gasteiger partial charge < -0.3 is 15.1 Å². The van der Waals surface area contributed by atoms with Crippen LogP contribution in [0.2, 0.25) is 0 Å². The largest absolute Gasteiger partial charge is 0.342 e. The average Bonchev–Trinajstić information content (AvgIpc) is 3.15. The van der Waals surface area contributed by atoms with E-state index in [0.717, 1.165) is 38.3 Å².